The van der Waals surface area contributed by atoms with E-state index in [-0.39, 0.29) is 17.0 Å². The molecule has 0 saturated carbocycles. The molecule has 1 aliphatic carbocycles. The average Bonchev–Trinajstić information content (AvgIpc) is 3.32. The number of hydrogen-bond acceptors (Lipinski definition) is 7. The van der Waals surface area contributed by atoms with Gasteiger partial charge in [0.15, 0.2) is 5.76 Å². The van der Waals surface area contributed by atoms with Crippen LogP contribution in [0.4, 0.5) is 17.1 Å². The first-order valence-corrected chi connectivity index (χ1v) is 12.4. The number of non-ortho nitro benzene ring substituents is 1. The molecule has 1 aliphatic rings. The predicted molar refractivity (Wildman–Crippen MR) is 146 cm³/mol. The first kappa shape index (κ1) is 25.4. The van der Waals surface area contributed by atoms with E-state index in [0.29, 0.717) is 35.4 Å². The third-order valence-corrected chi connectivity index (χ3v) is 6.39. The second kappa shape index (κ2) is 11.0. The van der Waals surface area contributed by atoms with Gasteiger partial charge in [0.2, 0.25) is 0 Å². The molecule has 2 amide bonds. The standard InChI is InChI=1S/C29H25N5O5/c1-19-26-24(30-31-28(35)20-10-8-15-23(18-20)34(37)38)16-9-17-25(26)39-27(19)29(36)32-33(21-11-4-2-5-12-21)22-13-6-3-7-14-22/h2-8,10-15,18H,9,16-17H2,1H3,(H,31,35)(H,32,36)/b30-24+. The van der Waals surface area contributed by atoms with Gasteiger partial charge < -0.3 is 4.42 Å². The zero-order valence-corrected chi connectivity index (χ0v) is 21.1. The molecule has 0 saturated heterocycles. The van der Waals surface area contributed by atoms with Gasteiger partial charge in [-0.1, -0.05) is 42.5 Å². The Morgan fingerprint density at radius 3 is 2.23 bits per heavy atom. The zero-order chi connectivity index (χ0) is 27.4. The number of hydrazone groups is 1. The molecule has 2 N–H and O–H groups in total. The maximum Gasteiger partial charge on any atom is 0.306 e. The number of rotatable bonds is 7. The van der Waals surface area contributed by atoms with Crippen LogP contribution in [0.15, 0.2) is 94.4 Å². The Hall–Kier alpha value is -5.25. The monoisotopic (exact) mass is 523 g/mol. The van der Waals surface area contributed by atoms with Crippen molar-refractivity contribution in [3.63, 3.8) is 0 Å². The highest BCUT2D eigenvalue weighted by molar-refractivity contribution is 6.07. The minimum absolute atomic E-state index is 0.121. The van der Waals surface area contributed by atoms with E-state index in [4.69, 9.17) is 4.42 Å². The van der Waals surface area contributed by atoms with Crippen LogP contribution in [-0.4, -0.2) is 22.4 Å². The predicted octanol–water partition coefficient (Wildman–Crippen LogP) is 5.45. The van der Waals surface area contributed by atoms with E-state index >= 15 is 0 Å². The topological polar surface area (TPSA) is 130 Å². The number of nitro groups is 1. The maximum atomic E-state index is 13.5. The van der Waals surface area contributed by atoms with Crippen LogP contribution in [0.3, 0.4) is 0 Å². The Morgan fingerprint density at radius 1 is 0.923 bits per heavy atom. The highest BCUT2D eigenvalue weighted by Gasteiger charge is 2.29. The number of para-hydroxylation sites is 2. The second-order valence-electron chi connectivity index (χ2n) is 8.96. The number of carbonyl (C=O) groups is 2. The Bertz CT molecular complexity index is 1520. The second-order valence-corrected chi connectivity index (χ2v) is 8.96. The number of hydrazine groups is 1. The van der Waals surface area contributed by atoms with Crippen LogP contribution < -0.4 is 15.9 Å². The van der Waals surface area contributed by atoms with E-state index in [1.165, 1.54) is 24.3 Å². The first-order valence-electron chi connectivity index (χ1n) is 12.4. The Kier molecular flexibility index (Phi) is 7.17. The number of nitro benzene ring substituents is 1. The van der Waals surface area contributed by atoms with Gasteiger partial charge in [0, 0.05) is 35.2 Å². The number of anilines is 2. The highest BCUT2D eigenvalue weighted by atomic mass is 16.6. The van der Waals surface area contributed by atoms with E-state index in [9.17, 15) is 19.7 Å². The number of furan rings is 1. The smallest absolute Gasteiger partial charge is 0.306 e. The zero-order valence-electron chi connectivity index (χ0n) is 21.1. The van der Waals surface area contributed by atoms with Gasteiger partial charge in [-0.15, -0.1) is 0 Å². The van der Waals surface area contributed by atoms with Crippen LogP contribution in [0.5, 0.6) is 0 Å². The summed E-state index contributed by atoms with van der Waals surface area (Å²) in [6.45, 7) is 1.79. The summed E-state index contributed by atoms with van der Waals surface area (Å²) in [6.07, 6.45) is 1.93. The fraction of sp³-hybridized carbons (Fsp3) is 0.138. The average molecular weight is 524 g/mol. The number of benzene rings is 3. The molecule has 5 rings (SSSR count). The number of fused-ring (bicyclic) bond motifs is 1. The molecule has 0 spiro atoms. The van der Waals surface area contributed by atoms with Gasteiger partial charge in [-0.2, -0.15) is 5.10 Å². The van der Waals surface area contributed by atoms with Gasteiger partial charge in [0.25, 0.3) is 11.6 Å². The van der Waals surface area contributed by atoms with Crippen LogP contribution in [0.2, 0.25) is 0 Å². The van der Waals surface area contributed by atoms with Crippen molar-refractivity contribution >= 4 is 34.6 Å². The Labute approximate surface area is 224 Å². The number of aryl methyl sites for hydroxylation is 1. The molecule has 1 heterocycles. The van der Waals surface area contributed by atoms with Crippen molar-refractivity contribution in [2.75, 3.05) is 5.01 Å². The highest BCUT2D eigenvalue weighted by Crippen LogP contribution is 2.31. The first-order chi connectivity index (χ1) is 18.9. The van der Waals surface area contributed by atoms with Gasteiger partial charge in [0.1, 0.15) is 5.76 Å². The van der Waals surface area contributed by atoms with Crippen LogP contribution in [-0.2, 0) is 6.42 Å². The maximum absolute atomic E-state index is 13.5. The third-order valence-electron chi connectivity index (χ3n) is 6.39. The molecule has 3 aromatic carbocycles. The largest absolute Gasteiger partial charge is 0.455 e. The fourth-order valence-corrected chi connectivity index (χ4v) is 4.52. The van der Waals surface area contributed by atoms with E-state index in [1.54, 1.807) is 11.9 Å². The normalized spacial score (nSPS) is 13.4. The fourth-order valence-electron chi connectivity index (χ4n) is 4.52. The molecule has 0 fully saturated rings. The van der Waals surface area contributed by atoms with Crippen molar-refractivity contribution in [1.29, 1.82) is 0 Å². The molecule has 10 heteroatoms. The quantitative estimate of drug-likeness (QED) is 0.245. The third kappa shape index (κ3) is 5.40. The lowest BCUT2D eigenvalue weighted by molar-refractivity contribution is -0.384. The molecule has 10 nitrogen and oxygen atoms in total. The number of nitrogens with one attached hydrogen (secondary N) is 2. The molecule has 39 heavy (non-hydrogen) atoms. The van der Waals surface area contributed by atoms with Crippen molar-refractivity contribution in [3.05, 3.63) is 123 Å². The van der Waals surface area contributed by atoms with Crippen LogP contribution in [0.25, 0.3) is 0 Å². The van der Waals surface area contributed by atoms with Gasteiger partial charge in [-0.05, 0) is 50.1 Å². The summed E-state index contributed by atoms with van der Waals surface area (Å²) < 4.78 is 6.03. The Balaban J connectivity index is 1.40. The van der Waals surface area contributed by atoms with Crippen LogP contribution in [0, 0.1) is 17.0 Å². The number of hydrogen-bond donors (Lipinski definition) is 2. The minimum atomic E-state index is -0.571. The number of carbonyl (C=O) groups excluding carboxylic acids is 2. The van der Waals surface area contributed by atoms with Gasteiger partial charge >= 0.3 is 5.91 Å². The summed E-state index contributed by atoms with van der Waals surface area (Å²) in [5.41, 5.74) is 8.82. The van der Waals surface area contributed by atoms with E-state index < -0.39 is 16.7 Å². The van der Waals surface area contributed by atoms with Crippen molar-refractivity contribution < 1.29 is 18.9 Å². The Morgan fingerprint density at radius 2 is 1.59 bits per heavy atom. The summed E-state index contributed by atoms with van der Waals surface area (Å²) >= 11 is 0. The minimum Gasteiger partial charge on any atom is -0.455 e. The van der Waals surface area contributed by atoms with E-state index in [1.807, 2.05) is 60.7 Å². The summed E-state index contributed by atoms with van der Waals surface area (Å²) in [6, 6.07) is 24.3. The lowest BCUT2D eigenvalue weighted by Gasteiger charge is -2.25. The number of amides is 2. The SMILES string of the molecule is Cc1c(C(=O)NN(c2ccccc2)c2ccccc2)oc2c1/C(=N/NC(=O)c1cccc([N+](=O)[O-])c1)CCC2. The summed E-state index contributed by atoms with van der Waals surface area (Å²) in [5, 5.41) is 17.0. The lowest BCUT2D eigenvalue weighted by atomic mass is 9.93. The van der Waals surface area contributed by atoms with Crippen LogP contribution in [0.1, 0.15) is 50.6 Å². The van der Waals surface area contributed by atoms with Crippen LogP contribution >= 0.6 is 0 Å². The molecule has 0 radical (unpaired) electrons. The van der Waals surface area contributed by atoms with Crippen molar-refractivity contribution in [2.24, 2.45) is 5.10 Å². The molecule has 0 atom stereocenters. The molecule has 4 aromatic rings. The molecule has 0 bridgehead atoms. The van der Waals surface area contributed by atoms with Gasteiger partial charge in [-0.3, -0.25) is 30.1 Å². The van der Waals surface area contributed by atoms with E-state index in [0.717, 1.165) is 17.8 Å². The summed E-state index contributed by atoms with van der Waals surface area (Å²) in [7, 11) is 0. The molecular weight excluding hydrogens is 498 g/mol. The van der Waals surface area contributed by atoms with E-state index in [2.05, 4.69) is 16.0 Å². The number of nitrogens with zero attached hydrogens (tertiary/aromatic N) is 3. The molecule has 1 aromatic heterocycles. The molecular formula is C29H25N5O5. The van der Waals surface area contributed by atoms with Crippen molar-refractivity contribution in [2.45, 2.75) is 26.2 Å². The molecule has 0 unspecified atom stereocenters. The lowest BCUT2D eigenvalue weighted by Crippen LogP contribution is -2.39. The van der Waals surface area contributed by atoms with Gasteiger partial charge in [0.05, 0.1) is 22.0 Å². The summed E-state index contributed by atoms with van der Waals surface area (Å²) in [4.78, 5) is 36.6. The molecule has 196 valence electrons. The summed E-state index contributed by atoms with van der Waals surface area (Å²) in [5.74, 6) is -0.205. The van der Waals surface area contributed by atoms with Gasteiger partial charge in [-0.25, -0.2) is 5.43 Å². The van der Waals surface area contributed by atoms with Crippen molar-refractivity contribution in [3.8, 4) is 0 Å². The molecule has 0 aliphatic heterocycles. The van der Waals surface area contributed by atoms with Crippen molar-refractivity contribution in [1.82, 2.24) is 10.9 Å².